The monoisotopic (exact) mass is 409 g/mol. The van der Waals surface area contributed by atoms with Gasteiger partial charge in [-0.15, -0.1) is 0 Å². The molecule has 10 heteroatoms. The van der Waals surface area contributed by atoms with Crippen molar-refractivity contribution >= 4 is 17.4 Å². The summed E-state index contributed by atoms with van der Waals surface area (Å²) < 4.78 is 13.1. The summed E-state index contributed by atoms with van der Waals surface area (Å²) >= 11 is 0. The van der Waals surface area contributed by atoms with Crippen molar-refractivity contribution in [2.45, 2.75) is 11.6 Å². The van der Waals surface area contributed by atoms with E-state index in [9.17, 15) is 4.79 Å². The lowest BCUT2D eigenvalue weighted by molar-refractivity contribution is -0.0814. The number of amides is 1. The van der Waals surface area contributed by atoms with Crippen LogP contribution in [0.2, 0.25) is 0 Å². The summed E-state index contributed by atoms with van der Waals surface area (Å²) in [5, 5.41) is 10.5. The molecule has 0 aliphatic carbocycles. The van der Waals surface area contributed by atoms with Crippen LogP contribution in [0.4, 0.5) is 11.5 Å². The highest BCUT2D eigenvalue weighted by Crippen LogP contribution is 2.37. The van der Waals surface area contributed by atoms with Gasteiger partial charge >= 0.3 is 0 Å². The van der Waals surface area contributed by atoms with E-state index < -0.39 is 11.5 Å². The van der Waals surface area contributed by atoms with Gasteiger partial charge < -0.3 is 25.8 Å². The van der Waals surface area contributed by atoms with E-state index in [1.54, 1.807) is 31.3 Å². The molecule has 1 aliphatic heterocycles. The Morgan fingerprint density at radius 2 is 2.10 bits per heavy atom. The molecule has 4 rings (SSSR count). The van der Waals surface area contributed by atoms with Crippen molar-refractivity contribution in [1.82, 2.24) is 25.1 Å². The fraction of sp³-hybridized carbons (Fsp3) is 0.300. The number of methoxy groups -OCH3 is 2. The number of nitrogen functional groups attached to an aromatic ring is 1. The van der Waals surface area contributed by atoms with E-state index in [4.69, 9.17) is 15.2 Å². The van der Waals surface area contributed by atoms with Crippen molar-refractivity contribution in [2.24, 2.45) is 0 Å². The minimum atomic E-state index is -0.477. The second-order valence-corrected chi connectivity index (χ2v) is 7.00. The zero-order valence-corrected chi connectivity index (χ0v) is 16.7. The van der Waals surface area contributed by atoms with Gasteiger partial charge in [-0.1, -0.05) is 12.1 Å². The van der Waals surface area contributed by atoms with Crippen LogP contribution in [-0.4, -0.2) is 58.6 Å². The summed E-state index contributed by atoms with van der Waals surface area (Å²) in [6.07, 6.45) is 6.18. The molecule has 3 heterocycles. The van der Waals surface area contributed by atoms with Gasteiger partial charge in [-0.3, -0.25) is 9.48 Å². The fourth-order valence-corrected chi connectivity index (χ4v) is 3.59. The van der Waals surface area contributed by atoms with Crippen molar-refractivity contribution in [3.05, 3.63) is 60.3 Å². The maximum atomic E-state index is 12.5. The maximum absolute atomic E-state index is 12.5. The Kier molecular flexibility index (Phi) is 5.34. The number of carbonyl (C=O) groups excluding carboxylic acids is 1. The molecule has 10 nitrogen and oxygen atoms in total. The number of rotatable bonds is 7. The van der Waals surface area contributed by atoms with Crippen LogP contribution in [-0.2, 0) is 4.74 Å². The lowest BCUT2D eigenvalue weighted by Crippen LogP contribution is -2.65. The molecule has 3 aromatic rings. The molecule has 4 N–H and O–H groups in total. The summed E-state index contributed by atoms with van der Waals surface area (Å²) in [4.78, 5) is 20.4. The first-order chi connectivity index (χ1) is 14.6. The van der Waals surface area contributed by atoms with Crippen molar-refractivity contribution in [3.8, 4) is 5.75 Å². The molecule has 1 aliphatic rings. The number of ether oxygens (including phenoxy) is 2. The van der Waals surface area contributed by atoms with Gasteiger partial charge in [-0.05, 0) is 17.7 Å². The predicted molar refractivity (Wildman–Crippen MR) is 110 cm³/mol. The number of aromatic nitrogens is 4. The molecule has 1 unspecified atom stereocenters. The van der Waals surface area contributed by atoms with Crippen LogP contribution in [0.3, 0.4) is 0 Å². The summed E-state index contributed by atoms with van der Waals surface area (Å²) in [5.74, 6) is 0.357. The molecule has 2 aromatic heterocycles. The van der Waals surface area contributed by atoms with Crippen LogP contribution >= 0.6 is 0 Å². The molecule has 1 saturated heterocycles. The van der Waals surface area contributed by atoms with Crippen molar-refractivity contribution in [3.63, 3.8) is 0 Å². The third kappa shape index (κ3) is 3.58. The van der Waals surface area contributed by atoms with Crippen LogP contribution in [0.5, 0.6) is 5.75 Å². The zero-order valence-electron chi connectivity index (χ0n) is 16.7. The SMILES string of the molecule is COc1cccc(C(n2cc(NC(=O)c3nccnc3N)cn2)C2(OC)CNC2)c1. The third-order valence-corrected chi connectivity index (χ3v) is 5.23. The Balaban J connectivity index is 1.65. The van der Waals surface area contributed by atoms with Crippen LogP contribution in [0, 0.1) is 0 Å². The average Bonchev–Trinajstić information content (AvgIpc) is 3.18. The Hall–Kier alpha value is -3.50. The summed E-state index contributed by atoms with van der Waals surface area (Å²) in [6, 6.07) is 7.56. The maximum Gasteiger partial charge on any atom is 0.278 e. The number of hydrogen-bond donors (Lipinski definition) is 3. The number of hydrogen-bond acceptors (Lipinski definition) is 8. The largest absolute Gasteiger partial charge is 0.497 e. The summed E-state index contributed by atoms with van der Waals surface area (Å²) in [7, 11) is 3.32. The number of carbonyl (C=O) groups is 1. The van der Waals surface area contributed by atoms with Gasteiger partial charge in [-0.2, -0.15) is 5.10 Å². The van der Waals surface area contributed by atoms with E-state index in [1.807, 2.05) is 24.3 Å². The quantitative estimate of drug-likeness (QED) is 0.529. The second-order valence-electron chi connectivity index (χ2n) is 7.00. The first kappa shape index (κ1) is 19.8. The number of nitrogens with zero attached hydrogens (tertiary/aromatic N) is 4. The number of benzene rings is 1. The van der Waals surface area contributed by atoms with Crippen molar-refractivity contribution in [2.75, 3.05) is 38.4 Å². The highest BCUT2D eigenvalue weighted by molar-refractivity contribution is 6.05. The Morgan fingerprint density at radius 3 is 2.77 bits per heavy atom. The smallest absolute Gasteiger partial charge is 0.278 e. The van der Waals surface area contributed by atoms with Gasteiger partial charge in [0.1, 0.15) is 17.4 Å². The topological polar surface area (TPSA) is 129 Å². The lowest BCUT2D eigenvalue weighted by Gasteiger charge is -2.47. The highest BCUT2D eigenvalue weighted by atomic mass is 16.5. The Morgan fingerprint density at radius 1 is 1.30 bits per heavy atom. The Bertz CT molecular complexity index is 1040. The fourth-order valence-electron chi connectivity index (χ4n) is 3.59. The van der Waals surface area contributed by atoms with E-state index in [2.05, 4.69) is 25.7 Å². The first-order valence-electron chi connectivity index (χ1n) is 9.38. The number of nitrogens with one attached hydrogen (secondary N) is 2. The Labute approximate surface area is 173 Å². The van der Waals surface area contributed by atoms with E-state index >= 15 is 0 Å². The molecule has 0 radical (unpaired) electrons. The molecule has 0 saturated carbocycles. The van der Waals surface area contributed by atoms with Crippen LogP contribution < -0.4 is 21.1 Å². The van der Waals surface area contributed by atoms with Gasteiger partial charge in [0.05, 0.1) is 19.0 Å². The molecule has 1 atom stereocenters. The number of nitrogens with two attached hydrogens (primary N) is 1. The van der Waals surface area contributed by atoms with Gasteiger partial charge in [0.2, 0.25) is 0 Å². The normalized spacial score (nSPS) is 15.8. The summed E-state index contributed by atoms with van der Waals surface area (Å²) in [5.41, 5.74) is 6.82. The summed E-state index contributed by atoms with van der Waals surface area (Å²) in [6.45, 7) is 1.34. The van der Waals surface area contributed by atoms with Gasteiger partial charge in [-0.25, -0.2) is 9.97 Å². The minimum absolute atomic E-state index is 0.0613. The molecule has 156 valence electrons. The molecule has 30 heavy (non-hydrogen) atoms. The van der Waals surface area contributed by atoms with E-state index in [0.717, 1.165) is 11.3 Å². The van der Waals surface area contributed by atoms with E-state index in [-0.39, 0.29) is 17.6 Å². The molecular formula is C20H23N7O3. The van der Waals surface area contributed by atoms with E-state index in [0.29, 0.717) is 18.8 Å². The number of anilines is 2. The van der Waals surface area contributed by atoms with Gasteiger partial charge in [0, 0.05) is 38.8 Å². The van der Waals surface area contributed by atoms with Crippen molar-refractivity contribution < 1.29 is 14.3 Å². The standard InChI is InChI=1S/C20H23N7O3/c1-29-15-5-3-4-13(8-15)17(20(30-2)11-22-12-20)27-10-14(9-25-27)26-19(28)16-18(21)24-7-6-23-16/h3-10,17,22H,11-12H2,1-2H3,(H2,21,24)(H,26,28). The first-order valence-corrected chi connectivity index (χ1v) is 9.38. The molecule has 0 bridgehead atoms. The zero-order chi connectivity index (χ0) is 21.1. The van der Waals surface area contributed by atoms with Crippen LogP contribution in [0.15, 0.2) is 49.1 Å². The minimum Gasteiger partial charge on any atom is -0.497 e. The van der Waals surface area contributed by atoms with Crippen LogP contribution in [0.25, 0.3) is 0 Å². The lowest BCUT2D eigenvalue weighted by atomic mass is 9.83. The average molecular weight is 409 g/mol. The molecule has 1 amide bonds. The second kappa shape index (κ2) is 8.09. The third-order valence-electron chi connectivity index (χ3n) is 5.23. The molecule has 0 spiro atoms. The van der Waals surface area contributed by atoms with Crippen LogP contribution in [0.1, 0.15) is 22.1 Å². The predicted octanol–water partition coefficient (Wildman–Crippen LogP) is 1.09. The van der Waals surface area contributed by atoms with Gasteiger partial charge in [0.25, 0.3) is 5.91 Å². The molecule has 1 fully saturated rings. The van der Waals surface area contributed by atoms with Crippen molar-refractivity contribution in [1.29, 1.82) is 0 Å². The van der Waals surface area contributed by atoms with Gasteiger partial charge in [0.15, 0.2) is 11.5 Å². The highest BCUT2D eigenvalue weighted by Gasteiger charge is 2.47. The molecule has 1 aromatic carbocycles. The van der Waals surface area contributed by atoms with E-state index in [1.165, 1.54) is 12.4 Å². The molecular weight excluding hydrogens is 386 g/mol.